The maximum absolute atomic E-state index is 12.5. The van der Waals surface area contributed by atoms with Crippen molar-refractivity contribution in [1.29, 1.82) is 0 Å². The van der Waals surface area contributed by atoms with E-state index in [0.29, 0.717) is 18.8 Å². The summed E-state index contributed by atoms with van der Waals surface area (Å²) in [5.74, 6) is 2.91. The molecule has 0 aliphatic heterocycles. The van der Waals surface area contributed by atoms with Gasteiger partial charge in [-0.05, 0) is 67.3 Å². The lowest BCUT2D eigenvalue weighted by Crippen LogP contribution is -2.48. The molecular formula is C21H29N3O3. The van der Waals surface area contributed by atoms with Crippen LogP contribution < -0.4 is 15.4 Å². The maximum Gasteiger partial charge on any atom is 0.239 e. The third-order valence-electron chi connectivity index (χ3n) is 6.64. The van der Waals surface area contributed by atoms with Gasteiger partial charge in [0.1, 0.15) is 0 Å². The lowest BCUT2D eigenvalue weighted by Gasteiger charge is -2.56. The van der Waals surface area contributed by atoms with Gasteiger partial charge in [-0.25, -0.2) is 4.98 Å². The van der Waals surface area contributed by atoms with Gasteiger partial charge in [0.2, 0.25) is 17.7 Å². The Morgan fingerprint density at radius 2 is 1.74 bits per heavy atom. The number of carbonyl (C=O) groups is 2. The van der Waals surface area contributed by atoms with Crippen molar-refractivity contribution in [3.63, 3.8) is 0 Å². The largest absolute Gasteiger partial charge is 0.481 e. The summed E-state index contributed by atoms with van der Waals surface area (Å²) < 4.78 is 5.01. The molecule has 1 aromatic rings. The second kappa shape index (κ2) is 7.49. The van der Waals surface area contributed by atoms with Crippen LogP contribution in [0.2, 0.25) is 0 Å². The Hall–Kier alpha value is -2.11. The molecule has 4 bridgehead atoms. The molecule has 4 aliphatic carbocycles. The maximum atomic E-state index is 12.5. The summed E-state index contributed by atoms with van der Waals surface area (Å²) in [6, 6.07) is 3.62. The third kappa shape index (κ3) is 4.25. The fourth-order valence-electron chi connectivity index (χ4n) is 5.99. The van der Waals surface area contributed by atoms with E-state index in [-0.39, 0.29) is 23.8 Å². The van der Waals surface area contributed by atoms with Gasteiger partial charge in [-0.2, -0.15) is 0 Å². The number of rotatable bonds is 7. The first-order valence-electron chi connectivity index (χ1n) is 10.1. The molecule has 1 heterocycles. The van der Waals surface area contributed by atoms with E-state index in [0.717, 1.165) is 23.3 Å². The molecule has 2 N–H and O–H groups in total. The van der Waals surface area contributed by atoms with Gasteiger partial charge in [0, 0.05) is 25.2 Å². The molecule has 6 nitrogen and oxygen atoms in total. The number of methoxy groups -OCH3 is 1. The summed E-state index contributed by atoms with van der Waals surface area (Å²) in [5, 5.41) is 5.64. The van der Waals surface area contributed by atoms with Crippen molar-refractivity contribution >= 4 is 11.8 Å². The fraction of sp³-hybridized carbons (Fsp3) is 0.667. The average molecular weight is 371 g/mol. The third-order valence-corrected chi connectivity index (χ3v) is 6.64. The van der Waals surface area contributed by atoms with Crippen LogP contribution in [0.25, 0.3) is 0 Å². The van der Waals surface area contributed by atoms with Crippen LogP contribution in [0.4, 0.5) is 0 Å². The first-order chi connectivity index (χ1) is 13.0. The molecule has 27 heavy (non-hydrogen) atoms. The Morgan fingerprint density at radius 3 is 2.30 bits per heavy atom. The topological polar surface area (TPSA) is 80.3 Å². The first kappa shape index (κ1) is 18.3. The molecule has 0 spiro atoms. The summed E-state index contributed by atoms with van der Waals surface area (Å²) in [5.41, 5.74) is 1.11. The number of nitrogens with one attached hydrogen (secondary N) is 2. The van der Waals surface area contributed by atoms with Gasteiger partial charge in [-0.1, -0.05) is 6.07 Å². The summed E-state index contributed by atoms with van der Waals surface area (Å²) in [6.45, 7) is 0.426. The van der Waals surface area contributed by atoms with Gasteiger partial charge in [-0.3, -0.25) is 9.59 Å². The SMILES string of the molecule is COc1ccc(CNC(=O)CNC(=O)CC23CC4CC(CC(C4)C2)C3)cn1. The highest BCUT2D eigenvalue weighted by molar-refractivity contribution is 5.84. The van der Waals surface area contributed by atoms with E-state index in [9.17, 15) is 9.59 Å². The summed E-state index contributed by atoms with van der Waals surface area (Å²) in [4.78, 5) is 28.6. The van der Waals surface area contributed by atoms with E-state index in [1.165, 1.54) is 38.5 Å². The lowest BCUT2D eigenvalue weighted by molar-refractivity contribution is -0.131. The van der Waals surface area contributed by atoms with Gasteiger partial charge in [-0.15, -0.1) is 0 Å². The number of hydrogen-bond donors (Lipinski definition) is 2. The van der Waals surface area contributed by atoms with E-state index < -0.39 is 0 Å². The van der Waals surface area contributed by atoms with E-state index >= 15 is 0 Å². The minimum Gasteiger partial charge on any atom is -0.481 e. The monoisotopic (exact) mass is 371 g/mol. The second-order valence-electron chi connectivity index (χ2n) is 8.86. The fourth-order valence-corrected chi connectivity index (χ4v) is 5.99. The Morgan fingerprint density at radius 1 is 1.07 bits per heavy atom. The molecule has 4 aliphatic rings. The first-order valence-corrected chi connectivity index (χ1v) is 10.1. The molecular weight excluding hydrogens is 342 g/mol. The van der Waals surface area contributed by atoms with Crippen LogP contribution in [-0.4, -0.2) is 30.5 Å². The zero-order valence-electron chi connectivity index (χ0n) is 16.0. The van der Waals surface area contributed by atoms with Crippen LogP contribution in [0.3, 0.4) is 0 Å². The van der Waals surface area contributed by atoms with Crippen LogP contribution in [0.5, 0.6) is 5.88 Å². The van der Waals surface area contributed by atoms with Crippen LogP contribution in [0, 0.1) is 23.2 Å². The Bertz CT molecular complexity index is 666. The molecule has 2 amide bonds. The van der Waals surface area contributed by atoms with Crippen LogP contribution in [-0.2, 0) is 16.1 Å². The molecule has 6 heteroatoms. The minimum atomic E-state index is -0.176. The zero-order valence-corrected chi connectivity index (χ0v) is 16.0. The second-order valence-corrected chi connectivity index (χ2v) is 8.86. The van der Waals surface area contributed by atoms with Crippen LogP contribution in [0.1, 0.15) is 50.5 Å². The predicted molar refractivity (Wildman–Crippen MR) is 101 cm³/mol. The van der Waals surface area contributed by atoms with Gasteiger partial charge in [0.05, 0.1) is 13.7 Å². The van der Waals surface area contributed by atoms with Crippen molar-refractivity contribution < 1.29 is 14.3 Å². The number of nitrogens with zero attached hydrogens (tertiary/aromatic N) is 1. The van der Waals surface area contributed by atoms with Crippen molar-refractivity contribution in [2.24, 2.45) is 23.2 Å². The number of carbonyl (C=O) groups excluding carboxylic acids is 2. The Labute approximate surface area is 160 Å². The standard InChI is InChI=1S/C21H29N3O3/c1-27-20-3-2-14(12-24-20)11-22-19(26)13-23-18(25)10-21-7-15-4-16(8-21)6-17(5-15)9-21/h2-3,12,15-17H,4-11,13H2,1H3,(H,22,26)(H,23,25). The molecule has 0 saturated heterocycles. The molecule has 0 atom stereocenters. The molecule has 5 rings (SSSR count). The summed E-state index contributed by atoms with van der Waals surface area (Å²) in [6.07, 6.45) is 10.0. The van der Waals surface area contributed by atoms with Crippen molar-refractivity contribution in [2.75, 3.05) is 13.7 Å². The van der Waals surface area contributed by atoms with Gasteiger partial charge in [0.15, 0.2) is 0 Å². The average Bonchev–Trinajstić information content (AvgIpc) is 2.63. The molecule has 4 saturated carbocycles. The number of aromatic nitrogens is 1. The van der Waals surface area contributed by atoms with Crippen LogP contribution >= 0.6 is 0 Å². The number of pyridine rings is 1. The van der Waals surface area contributed by atoms with Crippen molar-refractivity contribution in [3.05, 3.63) is 23.9 Å². The Balaban J connectivity index is 1.20. The smallest absolute Gasteiger partial charge is 0.239 e. The van der Waals surface area contributed by atoms with Crippen molar-refractivity contribution in [1.82, 2.24) is 15.6 Å². The van der Waals surface area contributed by atoms with Gasteiger partial charge in [0.25, 0.3) is 0 Å². The molecule has 0 aromatic carbocycles. The van der Waals surface area contributed by atoms with E-state index in [1.807, 2.05) is 6.07 Å². The number of hydrogen-bond acceptors (Lipinski definition) is 4. The number of ether oxygens (including phenoxy) is 1. The molecule has 0 unspecified atom stereocenters. The summed E-state index contributed by atoms with van der Waals surface area (Å²) >= 11 is 0. The number of amides is 2. The highest BCUT2D eigenvalue weighted by Crippen LogP contribution is 2.61. The highest BCUT2D eigenvalue weighted by Gasteiger charge is 2.51. The molecule has 4 fully saturated rings. The van der Waals surface area contributed by atoms with Gasteiger partial charge < -0.3 is 15.4 Å². The molecule has 0 radical (unpaired) electrons. The van der Waals surface area contributed by atoms with Crippen LogP contribution in [0.15, 0.2) is 18.3 Å². The normalized spacial score (nSPS) is 30.8. The highest BCUT2D eigenvalue weighted by atomic mass is 16.5. The molecule has 146 valence electrons. The predicted octanol–water partition coefficient (Wildman–Crippen LogP) is 2.43. The summed E-state index contributed by atoms with van der Waals surface area (Å²) in [7, 11) is 1.57. The quantitative estimate of drug-likeness (QED) is 0.771. The van der Waals surface area contributed by atoms with Crippen molar-refractivity contribution in [3.8, 4) is 5.88 Å². The lowest BCUT2D eigenvalue weighted by atomic mass is 9.49. The van der Waals surface area contributed by atoms with E-state index in [2.05, 4.69) is 15.6 Å². The zero-order chi connectivity index (χ0) is 18.9. The van der Waals surface area contributed by atoms with E-state index in [1.54, 1.807) is 19.4 Å². The van der Waals surface area contributed by atoms with Gasteiger partial charge >= 0.3 is 0 Å². The Kier molecular flexibility index (Phi) is 5.06. The van der Waals surface area contributed by atoms with E-state index in [4.69, 9.17) is 4.74 Å². The molecule has 1 aromatic heterocycles. The minimum absolute atomic E-state index is 0.0261. The van der Waals surface area contributed by atoms with Crippen molar-refractivity contribution in [2.45, 2.75) is 51.5 Å².